The number of hydrogen-bond donors (Lipinski definition) is 2. The molecule has 1 aliphatic rings. The molecule has 0 amide bonds. The Hall–Kier alpha value is -0.160. The summed E-state index contributed by atoms with van der Waals surface area (Å²) in [6.07, 6.45) is 1.31. The molecule has 1 heterocycles. The average Bonchev–Trinajstić information content (AvgIpc) is 2.12. The summed E-state index contributed by atoms with van der Waals surface area (Å²) in [6, 6.07) is 0.331. The third-order valence-electron chi connectivity index (χ3n) is 4.63. The first-order chi connectivity index (χ1) is 7.41. The quantitative estimate of drug-likeness (QED) is 0.423. The Bertz CT molecular complexity index is 267. The number of quaternary nitrogens is 2. The molecular formula is C13H29N2O2+. The van der Waals surface area contributed by atoms with Gasteiger partial charge < -0.3 is 19.9 Å². The summed E-state index contributed by atoms with van der Waals surface area (Å²) in [5.41, 5.74) is -0.562. The third-order valence-corrected chi connectivity index (χ3v) is 4.63. The number of piperidine rings is 1. The molecule has 0 bridgehead atoms. The van der Waals surface area contributed by atoms with Crippen LogP contribution in [0.3, 0.4) is 0 Å². The lowest BCUT2D eigenvalue weighted by molar-refractivity contribution is -1.00. The van der Waals surface area contributed by atoms with Crippen LogP contribution in [0, 0.1) is 5.21 Å². The van der Waals surface area contributed by atoms with Gasteiger partial charge in [-0.2, -0.15) is 0 Å². The Balaban J connectivity index is 3.00. The molecule has 2 N–H and O–H groups in total. The summed E-state index contributed by atoms with van der Waals surface area (Å²) in [7, 11) is 4.11. The van der Waals surface area contributed by atoms with E-state index in [9.17, 15) is 10.3 Å². The van der Waals surface area contributed by atoms with Gasteiger partial charge >= 0.3 is 0 Å². The highest BCUT2D eigenvalue weighted by molar-refractivity contribution is 4.87. The average molecular weight is 245 g/mol. The van der Waals surface area contributed by atoms with Crippen molar-refractivity contribution in [2.24, 2.45) is 0 Å². The smallest absolute Gasteiger partial charge is 0.187 e. The first kappa shape index (κ1) is 14.9. The van der Waals surface area contributed by atoms with Crippen molar-refractivity contribution in [1.82, 2.24) is 0 Å². The van der Waals surface area contributed by atoms with Gasteiger partial charge in [-0.3, -0.25) is 0 Å². The van der Waals surface area contributed by atoms with Gasteiger partial charge in [0.1, 0.15) is 6.04 Å². The Morgan fingerprint density at radius 3 is 1.82 bits per heavy atom. The molecule has 4 nitrogen and oxygen atoms in total. The number of aliphatic hydroxyl groups is 1. The van der Waals surface area contributed by atoms with Crippen LogP contribution in [-0.2, 0) is 0 Å². The van der Waals surface area contributed by atoms with E-state index in [1.165, 1.54) is 0 Å². The maximum Gasteiger partial charge on any atom is 0.187 e. The SMILES string of the molecule is CC(O)[N+](C)(C)C1CC(C)(C)[NH+]([O-])C(C)(C)C1. The third kappa shape index (κ3) is 2.65. The highest BCUT2D eigenvalue weighted by Crippen LogP contribution is 2.30. The number of hydroxylamine groups is 2. The van der Waals surface area contributed by atoms with Gasteiger partial charge in [0.25, 0.3) is 0 Å². The fourth-order valence-electron chi connectivity index (χ4n) is 3.13. The molecule has 1 atom stereocenters. The van der Waals surface area contributed by atoms with Crippen LogP contribution in [0.5, 0.6) is 0 Å². The Morgan fingerprint density at radius 1 is 1.18 bits per heavy atom. The van der Waals surface area contributed by atoms with Crippen molar-refractivity contribution in [1.29, 1.82) is 0 Å². The van der Waals surface area contributed by atoms with Crippen molar-refractivity contribution in [2.45, 2.75) is 70.8 Å². The molecule has 1 aliphatic heterocycles. The van der Waals surface area contributed by atoms with Crippen molar-refractivity contribution < 1.29 is 14.7 Å². The normalized spacial score (nSPS) is 34.4. The van der Waals surface area contributed by atoms with E-state index in [0.29, 0.717) is 15.6 Å². The first-order valence-electron chi connectivity index (χ1n) is 6.47. The largest absolute Gasteiger partial charge is 0.634 e. The monoisotopic (exact) mass is 245 g/mol. The molecule has 0 radical (unpaired) electrons. The number of aliphatic hydroxyl groups excluding tert-OH is 1. The lowest BCUT2D eigenvalue weighted by Crippen LogP contribution is -3.23. The van der Waals surface area contributed by atoms with Gasteiger partial charge in [-0.1, -0.05) is 0 Å². The minimum absolute atomic E-state index is 0.281. The summed E-state index contributed by atoms with van der Waals surface area (Å²) in [5, 5.41) is 22.6. The molecule has 0 aromatic heterocycles. The van der Waals surface area contributed by atoms with Gasteiger partial charge in [-0.25, -0.2) is 0 Å². The van der Waals surface area contributed by atoms with E-state index < -0.39 is 6.23 Å². The molecule has 102 valence electrons. The summed E-state index contributed by atoms with van der Waals surface area (Å²) < 4.78 is 0.570. The van der Waals surface area contributed by atoms with Crippen LogP contribution in [-0.4, -0.2) is 47.0 Å². The van der Waals surface area contributed by atoms with Gasteiger partial charge in [0.2, 0.25) is 0 Å². The minimum Gasteiger partial charge on any atom is -0.634 e. The van der Waals surface area contributed by atoms with Crippen LogP contribution in [0.25, 0.3) is 0 Å². The van der Waals surface area contributed by atoms with E-state index in [2.05, 4.69) is 14.1 Å². The molecule has 0 aromatic rings. The molecular weight excluding hydrogens is 216 g/mol. The second-order valence-corrected chi connectivity index (χ2v) is 7.42. The maximum absolute atomic E-state index is 12.3. The van der Waals surface area contributed by atoms with Crippen molar-refractivity contribution >= 4 is 0 Å². The van der Waals surface area contributed by atoms with Gasteiger partial charge in [0.05, 0.1) is 38.0 Å². The molecule has 1 rings (SSSR count). The molecule has 0 spiro atoms. The second-order valence-electron chi connectivity index (χ2n) is 7.42. The van der Waals surface area contributed by atoms with Gasteiger partial charge in [0.15, 0.2) is 6.23 Å². The summed E-state index contributed by atoms with van der Waals surface area (Å²) >= 11 is 0. The van der Waals surface area contributed by atoms with E-state index in [0.717, 1.165) is 12.8 Å². The van der Waals surface area contributed by atoms with E-state index in [1.807, 2.05) is 34.6 Å². The number of nitrogens with one attached hydrogen (secondary N) is 1. The molecule has 17 heavy (non-hydrogen) atoms. The van der Waals surface area contributed by atoms with Gasteiger partial charge in [-0.15, -0.1) is 0 Å². The van der Waals surface area contributed by atoms with Gasteiger partial charge in [0, 0.05) is 6.92 Å². The fraction of sp³-hybridized carbons (Fsp3) is 1.00. The number of hydrogen-bond acceptors (Lipinski definition) is 2. The Labute approximate surface area is 105 Å². The van der Waals surface area contributed by atoms with Crippen molar-refractivity contribution in [3.05, 3.63) is 5.21 Å². The van der Waals surface area contributed by atoms with Gasteiger partial charge in [-0.05, 0) is 27.7 Å². The van der Waals surface area contributed by atoms with Crippen LogP contribution in [0.4, 0.5) is 0 Å². The zero-order chi connectivity index (χ0) is 13.6. The second kappa shape index (κ2) is 4.19. The van der Waals surface area contributed by atoms with Crippen LogP contribution in [0.15, 0.2) is 0 Å². The summed E-state index contributed by atoms with van der Waals surface area (Å²) in [5.74, 6) is 0. The van der Waals surface area contributed by atoms with Crippen LogP contribution >= 0.6 is 0 Å². The standard InChI is InChI=1S/C13H29N2O2/c1-10(16)15(6,7)11-8-12(2,3)14(17)13(4,5)9-11/h10-11,14,16H,8-9H2,1-7H3/q+1. The van der Waals surface area contributed by atoms with Crippen LogP contribution in [0.1, 0.15) is 47.5 Å². The summed E-state index contributed by atoms with van der Waals surface area (Å²) in [6.45, 7) is 9.96. The topological polar surface area (TPSA) is 47.7 Å². The fourth-order valence-corrected chi connectivity index (χ4v) is 3.13. The van der Waals surface area contributed by atoms with Crippen molar-refractivity contribution in [3.63, 3.8) is 0 Å². The van der Waals surface area contributed by atoms with E-state index in [4.69, 9.17) is 0 Å². The minimum atomic E-state index is -0.403. The van der Waals surface area contributed by atoms with E-state index >= 15 is 0 Å². The molecule has 1 fully saturated rings. The molecule has 0 aliphatic carbocycles. The molecule has 1 saturated heterocycles. The summed E-state index contributed by atoms with van der Waals surface area (Å²) in [4.78, 5) is 0. The Morgan fingerprint density at radius 2 is 1.53 bits per heavy atom. The molecule has 1 unspecified atom stereocenters. The number of rotatable bonds is 2. The lowest BCUT2D eigenvalue weighted by atomic mass is 9.77. The zero-order valence-corrected chi connectivity index (χ0v) is 12.4. The van der Waals surface area contributed by atoms with Crippen molar-refractivity contribution in [3.8, 4) is 0 Å². The lowest BCUT2D eigenvalue weighted by Gasteiger charge is -2.57. The molecule has 4 heteroatoms. The predicted molar refractivity (Wildman–Crippen MR) is 69.3 cm³/mol. The van der Waals surface area contributed by atoms with Crippen LogP contribution in [0.2, 0.25) is 0 Å². The maximum atomic E-state index is 12.3. The molecule has 0 aromatic carbocycles. The highest BCUT2D eigenvalue weighted by Gasteiger charge is 2.51. The molecule has 0 saturated carbocycles. The predicted octanol–water partition coefficient (Wildman–Crippen LogP) is 0.503. The Kier molecular flexibility index (Phi) is 3.68. The zero-order valence-electron chi connectivity index (χ0n) is 12.4. The van der Waals surface area contributed by atoms with Crippen LogP contribution < -0.4 is 5.06 Å². The van der Waals surface area contributed by atoms with E-state index in [-0.39, 0.29) is 11.1 Å². The first-order valence-corrected chi connectivity index (χ1v) is 6.47. The van der Waals surface area contributed by atoms with Crippen molar-refractivity contribution in [2.75, 3.05) is 14.1 Å². The van der Waals surface area contributed by atoms with E-state index in [1.54, 1.807) is 0 Å². The number of nitrogens with zero attached hydrogens (tertiary/aromatic N) is 1. The highest BCUT2D eigenvalue weighted by atomic mass is 16.5.